The van der Waals surface area contributed by atoms with Gasteiger partial charge in [-0.05, 0) is 29.8 Å². The summed E-state index contributed by atoms with van der Waals surface area (Å²) in [4.78, 5) is 10.2. The molecule has 0 unspecified atom stereocenters. The minimum atomic E-state index is -0.500. The number of rotatable bonds is 4. The lowest BCUT2D eigenvalue weighted by molar-refractivity contribution is -0.384. The molecule has 1 N–H and O–H groups in total. The Kier molecular flexibility index (Phi) is 4.57. The first-order valence-corrected chi connectivity index (χ1v) is 6.76. The number of non-ortho nitro benzene ring substituents is 1. The fourth-order valence-electron chi connectivity index (χ4n) is 1.63. The molecule has 0 heterocycles. The van der Waals surface area contributed by atoms with Crippen molar-refractivity contribution in [2.24, 2.45) is 0 Å². The molecule has 0 fully saturated rings. The van der Waals surface area contributed by atoms with Gasteiger partial charge in [-0.25, -0.2) is 4.39 Å². The van der Waals surface area contributed by atoms with Crippen LogP contribution in [0.2, 0.25) is 5.02 Å². The molecule has 0 aliphatic heterocycles. The third kappa shape index (κ3) is 3.46. The molecule has 0 amide bonds. The number of nitro groups is 1. The molecule has 0 saturated carbocycles. The van der Waals surface area contributed by atoms with Gasteiger partial charge in [0.05, 0.1) is 15.6 Å². The lowest BCUT2D eigenvalue weighted by Gasteiger charge is -2.10. The average Bonchev–Trinajstić information content (AvgIpc) is 2.41. The van der Waals surface area contributed by atoms with Gasteiger partial charge in [-0.1, -0.05) is 27.5 Å². The molecule has 2 aromatic rings. The zero-order chi connectivity index (χ0) is 14.7. The first-order valence-electron chi connectivity index (χ1n) is 5.59. The Morgan fingerprint density at radius 3 is 2.75 bits per heavy atom. The highest BCUT2D eigenvalue weighted by Crippen LogP contribution is 2.28. The van der Waals surface area contributed by atoms with Crippen LogP contribution < -0.4 is 5.32 Å². The standard InChI is InChI=1S/C13H9BrClFN2O2/c14-11-3-1-9(16)5-8(11)7-17-13-6-10(18(19)20)2-4-12(13)15/h1-6,17H,7H2. The lowest BCUT2D eigenvalue weighted by Crippen LogP contribution is -2.02. The molecular formula is C13H9BrClFN2O2. The summed E-state index contributed by atoms with van der Waals surface area (Å²) in [6.07, 6.45) is 0. The van der Waals surface area contributed by atoms with Crippen molar-refractivity contribution < 1.29 is 9.31 Å². The van der Waals surface area contributed by atoms with Gasteiger partial charge in [0.25, 0.3) is 5.69 Å². The molecule has 0 bridgehead atoms. The molecule has 0 aliphatic rings. The molecule has 20 heavy (non-hydrogen) atoms. The summed E-state index contributed by atoms with van der Waals surface area (Å²) in [7, 11) is 0. The summed E-state index contributed by atoms with van der Waals surface area (Å²) in [6.45, 7) is 0.291. The zero-order valence-corrected chi connectivity index (χ0v) is 12.4. The normalized spacial score (nSPS) is 10.3. The van der Waals surface area contributed by atoms with E-state index < -0.39 is 4.92 Å². The highest BCUT2D eigenvalue weighted by Gasteiger charge is 2.10. The summed E-state index contributed by atoms with van der Waals surface area (Å²) < 4.78 is 13.9. The maximum Gasteiger partial charge on any atom is 0.271 e. The number of nitrogens with zero attached hydrogens (tertiary/aromatic N) is 1. The topological polar surface area (TPSA) is 55.2 Å². The van der Waals surface area contributed by atoms with E-state index in [1.54, 1.807) is 6.07 Å². The van der Waals surface area contributed by atoms with E-state index in [-0.39, 0.29) is 11.5 Å². The number of anilines is 1. The van der Waals surface area contributed by atoms with Gasteiger partial charge in [-0.15, -0.1) is 0 Å². The van der Waals surface area contributed by atoms with Crippen LogP contribution in [-0.4, -0.2) is 4.92 Å². The van der Waals surface area contributed by atoms with Gasteiger partial charge in [-0.3, -0.25) is 10.1 Å². The number of benzene rings is 2. The van der Waals surface area contributed by atoms with Crippen molar-refractivity contribution >= 4 is 38.9 Å². The predicted octanol–water partition coefficient (Wildman–Crippen LogP) is 4.76. The van der Waals surface area contributed by atoms with Crippen molar-refractivity contribution in [1.82, 2.24) is 0 Å². The Labute approximate surface area is 127 Å². The highest BCUT2D eigenvalue weighted by molar-refractivity contribution is 9.10. The molecule has 0 radical (unpaired) electrons. The number of hydrogen-bond acceptors (Lipinski definition) is 3. The van der Waals surface area contributed by atoms with Gasteiger partial charge in [0.1, 0.15) is 5.82 Å². The third-order valence-corrected chi connectivity index (χ3v) is 3.74. The van der Waals surface area contributed by atoms with Crippen LogP contribution in [-0.2, 0) is 6.54 Å². The predicted molar refractivity (Wildman–Crippen MR) is 79.5 cm³/mol. The zero-order valence-electron chi connectivity index (χ0n) is 10.1. The molecule has 2 rings (SSSR count). The van der Waals surface area contributed by atoms with Crippen LogP contribution in [0.5, 0.6) is 0 Å². The van der Waals surface area contributed by atoms with Gasteiger partial charge in [0.15, 0.2) is 0 Å². The van der Waals surface area contributed by atoms with E-state index in [2.05, 4.69) is 21.2 Å². The fraction of sp³-hybridized carbons (Fsp3) is 0.0769. The lowest BCUT2D eigenvalue weighted by atomic mass is 10.2. The molecule has 2 aromatic carbocycles. The Morgan fingerprint density at radius 1 is 1.30 bits per heavy atom. The van der Waals surface area contributed by atoms with E-state index in [1.807, 2.05) is 0 Å². The van der Waals surface area contributed by atoms with E-state index in [4.69, 9.17) is 11.6 Å². The van der Waals surface area contributed by atoms with Crippen LogP contribution in [0.3, 0.4) is 0 Å². The molecule has 104 valence electrons. The van der Waals surface area contributed by atoms with Crippen molar-refractivity contribution in [3.63, 3.8) is 0 Å². The van der Waals surface area contributed by atoms with E-state index in [0.717, 1.165) is 4.47 Å². The molecule has 0 atom stereocenters. The van der Waals surface area contributed by atoms with Crippen molar-refractivity contribution in [3.05, 3.63) is 67.4 Å². The van der Waals surface area contributed by atoms with Crippen LogP contribution in [0.1, 0.15) is 5.56 Å². The molecule has 0 aromatic heterocycles. The highest BCUT2D eigenvalue weighted by atomic mass is 79.9. The Balaban J connectivity index is 2.20. The van der Waals surface area contributed by atoms with Gasteiger partial charge in [0.2, 0.25) is 0 Å². The van der Waals surface area contributed by atoms with Crippen LogP contribution in [0.4, 0.5) is 15.8 Å². The van der Waals surface area contributed by atoms with Gasteiger partial charge in [0, 0.05) is 23.2 Å². The van der Waals surface area contributed by atoms with Crippen molar-refractivity contribution in [2.75, 3.05) is 5.32 Å². The first kappa shape index (κ1) is 14.7. The summed E-state index contributed by atoms with van der Waals surface area (Å²) in [5.41, 5.74) is 1.06. The quantitative estimate of drug-likeness (QED) is 0.632. The second kappa shape index (κ2) is 6.19. The summed E-state index contributed by atoms with van der Waals surface area (Å²) in [6, 6.07) is 8.43. The SMILES string of the molecule is O=[N+]([O-])c1ccc(Cl)c(NCc2cc(F)ccc2Br)c1. The van der Waals surface area contributed by atoms with Crippen LogP contribution in [0.25, 0.3) is 0 Å². The third-order valence-electron chi connectivity index (χ3n) is 2.64. The summed E-state index contributed by atoms with van der Waals surface area (Å²) >= 11 is 9.28. The van der Waals surface area contributed by atoms with Crippen LogP contribution >= 0.6 is 27.5 Å². The Bertz CT molecular complexity index is 667. The van der Waals surface area contributed by atoms with Crippen LogP contribution in [0.15, 0.2) is 40.9 Å². The molecular weight excluding hydrogens is 351 g/mol. The monoisotopic (exact) mass is 358 g/mol. The van der Waals surface area contributed by atoms with E-state index in [1.165, 1.54) is 30.3 Å². The van der Waals surface area contributed by atoms with Crippen molar-refractivity contribution in [1.29, 1.82) is 0 Å². The van der Waals surface area contributed by atoms with E-state index >= 15 is 0 Å². The summed E-state index contributed by atoms with van der Waals surface area (Å²) in [5, 5.41) is 14.0. The number of nitrogens with one attached hydrogen (secondary N) is 1. The van der Waals surface area contributed by atoms with Crippen molar-refractivity contribution in [3.8, 4) is 0 Å². The smallest absolute Gasteiger partial charge is 0.271 e. The molecule has 0 saturated heterocycles. The fourth-order valence-corrected chi connectivity index (χ4v) is 2.20. The van der Waals surface area contributed by atoms with Crippen LogP contribution in [0, 0.1) is 15.9 Å². The molecule has 0 aliphatic carbocycles. The van der Waals surface area contributed by atoms with E-state index in [9.17, 15) is 14.5 Å². The van der Waals surface area contributed by atoms with E-state index in [0.29, 0.717) is 22.8 Å². The molecule has 7 heteroatoms. The first-order chi connectivity index (χ1) is 9.47. The molecule has 4 nitrogen and oxygen atoms in total. The minimum absolute atomic E-state index is 0.0600. The minimum Gasteiger partial charge on any atom is -0.380 e. The molecule has 0 spiro atoms. The van der Waals surface area contributed by atoms with Gasteiger partial charge >= 0.3 is 0 Å². The Hall–Kier alpha value is -1.66. The average molecular weight is 360 g/mol. The number of hydrogen-bond donors (Lipinski definition) is 1. The summed E-state index contributed by atoms with van der Waals surface area (Å²) in [5.74, 6) is -0.352. The number of halogens is 3. The second-order valence-corrected chi connectivity index (χ2v) is 5.27. The largest absolute Gasteiger partial charge is 0.380 e. The Morgan fingerprint density at radius 2 is 2.05 bits per heavy atom. The maximum atomic E-state index is 13.2. The maximum absolute atomic E-state index is 13.2. The second-order valence-electron chi connectivity index (χ2n) is 4.01. The van der Waals surface area contributed by atoms with Crippen molar-refractivity contribution in [2.45, 2.75) is 6.54 Å². The number of nitro benzene ring substituents is 1. The van der Waals surface area contributed by atoms with Gasteiger partial charge < -0.3 is 5.32 Å². The van der Waals surface area contributed by atoms with Gasteiger partial charge in [-0.2, -0.15) is 0 Å².